The van der Waals surface area contributed by atoms with E-state index < -0.39 is 4.92 Å². The topological polar surface area (TPSA) is 60.2 Å². The molecule has 0 spiro atoms. The molecule has 100 valence electrons. The third-order valence-electron chi connectivity index (χ3n) is 2.88. The summed E-state index contributed by atoms with van der Waals surface area (Å²) < 4.78 is 0. The van der Waals surface area contributed by atoms with E-state index in [1.165, 1.54) is 13.0 Å². The third-order valence-corrected chi connectivity index (χ3v) is 2.88. The molecule has 2 aromatic carbocycles. The van der Waals surface area contributed by atoms with Gasteiger partial charge >= 0.3 is 0 Å². The summed E-state index contributed by atoms with van der Waals surface area (Å²) in [5, 5.41) is 11.1. The molecule has 0 fully saturated rings. The Labute approximate surface area is 116 Å². The van der Waals surface area contributed by atoms with Gasteiger partial charge in [-0.15, -0.1) is 0 Å². The second kappa shape index (κ2) is 5.93. The predicted octanol–water partition coefficient (Wildman–Crippen LogP) is 3.72. The van der Waals surface area contributed by atoms with Crippen molar-refractivity contribution in [1.29, 1.82) is 0 Å². The normalized spacial score (nSPS) is 11.2. The lowest BCUT2D eigenvalue weighted by atomic mass is 9.98. The van der Waals surface area contributed by atoms with Gasteiger partial charge in [0, 0.05) is 11.6 Å². The highest BCUT2D eigenvalue weighted by Gasteiger charge is 2.18. The van der Waals surface area contributed by atoms with Crippen LogP contribution in [-0.2, 0) is 4.79 Å². The van der Waals surface area contributed by atoms with E-state index in [4.69, 9.17) is 0 Å². The molecule has 0 radical (unpaired) electrons. The average Bonchev–Trinajstić information content (AvgIpc) is 2.45. The van der Waals surface area contributed by atoms with Crippen LogP contribution in [0, 0.1) is 10.1 Å². The number of allylic oxidation sites excluding steroid dienone is 1. The van der Waals surface area contributed by atoms with Crippen molar-refractivity contribution in [3.05, 3.63) is 75.8 Å². The SMILES string of the molecule is CC(=O)/C(=C\c1ccccc1)c1ccccc1[N+](=O)[O-]. The van der Waals surface area contributed by atoms with Crippen molar-refractivity contribution in [3.8, 4) is 0 Å². The number of rotatable bonds is 4. The van der Waals surface area contributed by atoms with Crippen LogP contribution in [-0.4, -0.2) is 10.7 Å². The standard InChI is InChI=1S/C16H13NO3/c1-12(18)15(11-13-7-3-2-4-8-13)14-9-5-6-10-16(14)17(19)20/h2-11H,1H3/b15-11+. The van der Waals surface area contributed by atoms with Gasteiger partial charge in [0.1, 0.15) is 0 Å². The summed E-state index contributed by atoms with van der Waals surface area (Å²) >= 11 is 0. The molecule has 20 heavy (non-hydrogen) atoms. The van der Waals surface area contributed by atoms with Crippen LogP contribution in [0.2, 0.25) is 0 Å². The second-order valence-corrected chi connectivity index (χ2v) is 4.30. The second-order valence-electron chi connectivity index (χ2n) is 4.30. The number of carbonyl (C=O) groups excluding carboxylic acids is 1. The molecule has 0 aromatic heterocycles. The summed E-state index contributed by atoms with van der Waals surface area (Å²) in [6.45, 7) is 1.41. The number of nitro benzene ring substituents is 1. The first-order valence-electron chi connectivity index (χ1n) is 6.11. The lowest BCUT2D eigenvalue weighted by Gasteiger charge is -2.05. The molecule has 2 rings (SSSR count). The van der Waals surface area contributed by atoms with Crippen LogP contribution in [0.3, 0.4) is 0 Å². The zero-order chi connectivity index (χ0) is 14.5. The Morgan fingerprint density at radius 1 is 1.05 bits per heavy atom. The fourth-order valence-corrected chi connectivity index (χ4v) is 1.95. The fraction of sp³-hybridized carbons (Fsp3) is 0.0625. The van der Waals surface area contributed by atoms with E-state index in [0.717, 1.165) is 5.56 Å². The summed E-state index contributed by atoms with van der Waals surface area (Å²) in [4.78, 5) is 22.4. The van der Waals surface area contributed by atoms with Gasteiger partial charge in [-0.2, -0.15) is 0 Å². The molecule has 0 aliphatic rings. The molecule has 0 atom stereocenters. The Hall–Kier alpha value is -2.75. The minimum Gasteiger partial charge on any atom is -0.294 e. The molecule has 0 unspecified atom stereocenters. The maximum absolute atomic E-state index is 11.8. The van der Waals surface area contributed by atoms with E-state index in [2.05, 4.69) is 0 Å². The Morgan fingerprint density at radius 2 is 1.65 bits per heavy atom. The quantitative estimate of drug-likeness (QED) is 0.367. The third kappa shape index (κ3) is 2.98. The first kappa shape index (κ1) is 13.7. The smallest absolute Gasteiger partial charge is 0.277 e. The predicted molar refractivity (Wildman–Crippen MR) is 78.1 cm³/mol. The van der Waals surface area contributed by atoms with Crippen molar-refractivity contribution in [2.24, 2.45) is 0 Å². The maximum atomic E-state index is 11.8. The van der Waals surface area contributed by atoms with Gasteiger partial charge in [-0.1, -0.05) is 42.5 Å². The number of benzene rings is 2. The van der Waals surface area contributed by atoms with E-state index in [0.29, 0.717) is 11.1 Å². The van der Waals surface area contributed by atoms with Crippen LogP contribution in [0.15, 0.2) is 54.6 Å². The van der Waals surface area contributed by atoms with Gasteiger partial charge < -0.3 is 0 Å². The van der Waals surface area contributed by atoms with Crippen molar-refractivity contribution in [1.82, 2.24) is 0 Å². The van der Waals surface area contributed by atoms with E-state index in [-0.39, 0.29) is 11.5 Å². The molecule has 4 nitrogen and oxygen atoms in total. The number of hydrogen-bond donors (Lipinski definition) is 0. The zero-order valence-corrected chi connectivity index (χ0v) is 10.9. The number of carbonyl (C=O) groups is 1. The lowest BCUT2D eigenvalue weighted by molar-refractivity contribution is -0.385. The number of nitrogens with zero attached hydrogens (tertiary/aromatic N) is 1. The van der Waals surface area contributed by atoms with Gasteiger partial charge in [0.05, 0.1) is 10.5 Å². The fourth-order valence-electron chi connectivity index (χ4n) is 1.95. The number of Topliss-reactive ketones (excluding diaryl/α,β-unsaturated/α-hetero) is 1. The Kier molecular flexibility index (Phi) is 4.05. The minimum atomic E-state index is -0.475. The monoisotopic (exact) mass is 267 g/mol. The molecular formula is C16H13NO3. The summed E-state index contributed by atoms with van der Waals surface area (Å²) in [5.41, 5.74) is 1.44. The Morgan fingerprint density at radius 3 is 2.25 bits per heavy atom. The van der Waals surface area contributed by atoms with Crippen LogP contribution in [0.5, 0.6) is 0 Å². The van der Waals surface area contributed by atoms with E-state index in [9.17, 15) is 14.9 Å². The number of para-hydroxylation sites is 1. The molecule has 0 amide bonds. The largest absolute Gasteiger partial charge is 0.294 e. The molecular weight excluding hydrogens is 254 g/mol. The maximum Gasteiger partial charge on any atom is 0.277 e. The van der Waals surface area contributed by atoms with Gasteiger partial charge in [-0.25, -0.2) is 0 Å². The van der Waals surface area contributed by atoms with Crippen molar-refractivity contribution >= 4 is 23.1 Å². The molecule has 0 aliphatic heterocycles. The van der Waals surface area contributed by atoms with Crippen LogP contribution in [0.25, 0.3) is 11.6 Å². The van der Waals surface area contributed by atoms with Crippen molar-refractivity contribution in [2.45, 2.75) is 6.92 Å². The van der Waals surface area contributed by atoms with E-state index in [1.54, 1.807) is 24.3 Å². The van der Waals surface area contributed by atoms with Gasteiger partial charge in [0.2, 0.25) is 0 Å². The molecule has 0 bridgehead atoms. The lowest BCUT2D eigenvalue weighted by Crippen LogP contribution is -2.00. The number of ketones is 1. The van der Waals surface area contributed by atoms with E-state index >= 15 is 0 Å². The Balaban J connectivity index is 2.59. The highest BCUT2D eigenvalue weighted by atomic mass is 16.6. The summed E-state index contributed by atoms with van der Waals surface area (Å²) in [6, 6.07) is 15.5. The van der Waals surface area contributed by atoms with Gasteiger partial charge in [0.25, 0.3) is 5.69 Å². The summed E-state index contributed by atoms with van der Waals surface area (Å²) in [7, 11) is 0. The number of nitro groups is 1. The molecule has 4 heteroatoms. The summed E-state index contributed by atoms with van der Waals surface area (Å²) in [5.74, 6) is -0.205. The van der Waals surface area contributed by atoms with Gasteiger partial charge in [-0.05, 0) is 24.6 Å². The number of hydrogen-bond acceptors (Lipinski definition) is 3. The van der Waals surface area contributed by atoms with Crippen LogP contribution < -0.4 is 0 Å². The first-order valence-corrected chi connectivity index (χ1v) is 6.11. The zero-order valence-electron chi connectivity index (χ0n) is 10.9. The van der Waals surface area contributed by atoms with E-state index in [1.807, 2.05) is 30.3 Å². The van der Waals surface area contributed by atoms with Gasteiger partial charge in [0.15, 0.2) is 5.78 Å². The minimum absolute atomic E-state index is 0.0649. The van der Waals surface area contributed by atoms with Gasteiger partial charge in [-0.3, -0.25) is 14.9 Å². The average molecular weight is 267 g/mol. The molecule has 0 N–H and O–H groups in total. The molecule has 2 aromatic rings. The first-order chi connectivity index (χ1) is 9.59. The van der Waals surface area contributed by atoms with Crippen molar-refractivity contribution in [2.75, 3.05) is 0 Å². The molecule has 0 saturated heterocycles. The van der Waals surface area contributed by atoms with Crippen molar-refractivity contribution < 1.29 is 9.72 Å². The van der Waals surface area contributed by atoms with Crippen LogP contribution in [0.1, 0.15) is 18.1 Å². The molecule has 0 saturated carbocycles. The molecule has 0 heterocycles. The van der Waals surface area contributed by atoms with Crippen molar-refractivity contribution in [3.63, 3.8) is 0 Å². The van der Waals surface area contributed by atoms with Crippen LogP contribution in [0.4, 0.5) is 5.69 Å². The highest BCUT2D eigenvalue weighted by Crippen LogP contribution is 2.28. The Bertz CT molecular complexity index is 675. The highest BCUT2D eigenvalue weighted by molar-refractivity contribution is 6.25. The summed E-state index contributed by atoms with van der Waals surface area (Å²) in [6.07, 6.45) is 1.67. The van der Waals surface area contributed by atoms with Crippen LogP contribution >= 0.6 is 0 Å². The molecule has 0 aliphatic carbocycles.